The molecule has 0 amide bonds. The minimum atomic E-state index is -2.05. The molecule has 25 heavy (non-hydrogen) atoms. The summed E-state index contributed by atoms with van der Waals surface area (Å²) in [6.45, 7) is 6.26. The lowest BCUT2D eigenvalue weighted by Crippen LogP contribution is -2.18. The van der Waals surface area contributed by atoms with Gasteiger partial charge in [-0.25, -0.2) is 17.5 Å². The predicted molar refractivity (Wildman–Crippen MR) is 97.7 cm³/mol. The van der Waals surface area contributed by atoms with Crippen molar-refractivity contribution in [3.05, 3.63) is 29.1 Å². The lowest BCUT2D eigenvalue weighted by molar-refractivity contribution is 0.0345. The van der Waals surface area contributed by atoms with Gasteiger partial charge < -0.3 is 4.98 Å². The Morgan fingerprint density at radius 3 is 2.32 bits per heavy atom. The Hall–Kier alpha value is -1.14. The van der Waals surface area contributed by atoms with Crippen LogP contribution in [0.25, 0.3) is 10.9 Å². The van der Waals surface area contributed by atoms with Gasteiger partial charge in [-0.05, 0) is 74.7 Å². The molecule has 1 aliphatic carbocycles. The average molecular weight is 370 g/mol. The summed E-state index contributed by atoms with van der Waals surface area (Å²) in [6, 6.07) is 3.68. The number of hydrogen-bond donors (Lipinski definition) is 1. The molecule has 4 rings (SSSR count). The number of H-pyrrole nitrogens is 1. The van der Waals surface area contributed by atoms with E-state index in [1.807, 2.05) is 6.92 Å². The Kier molecular flexibility index (Phi) is 6.00. The van der Waals surface area contributed by atoms with Crippen molar-refractivity contribution in [1.82, 2.24) is 9.29 Å². The Bertz CT molecular complexity index is 719. The second kappa shape index (κ2) is 8.04. The summed E-state index contributed by atoms with van der Waals surface area (Å²) in [7, 11) is 0. The highest BCUT2D eigenvalue weighted by molar-refractivity contribution is 7.97. The van der Waals surface area contributed by atoms with E-state index in [1.54, 1.807) is 18.0 Å². The van der Waals surface area contributed by atoms with E-state index in [0.717, 1.165) is 53.9 Å². The molecule has 6 heteroatoms. The maximum Gasteiger partial charge on any atom is 0.241 e. The number of halogens is 3. The molecule has 2 nitrogen and oxygen atoms in total. The third-order valence-corrected chi connectivity index (χ3v) is 6.21. The maximum absolute atomic E-state index is 13.9. The zero-order valence-electron chi connectivity index (χ0n) is 14.7. The fourth-order valence-corrected chi connectivity index (χ4v) is 4.19. The summed E-state index contributed by atoms with van der Waals surface area (Å²) in [5, 5.41) is 2.05. The Labute approximate surface area is 151 Å². The largest absolute Gasteiger partial charge is 0.346 e. The van der Waals surface area contributed by atoms with Crippen LogP contribution in [-0.4, -0.2) is 28.8 Å². The fourth-order valence-electron chi connectivity index (χ4n) is 3.16. The van der Waals surface area contributed by atoms with Gasteiger partial charge in [-0.1, -0.05) is 6.42 Å². The molecule has 1 saturated heterocycles. The van der Waals surface area contributed by atoms with E-state index in [-0.39, 0.29) is 11.7 Å². The maximum atomic E-state index is 13.9. The van der Waals surface area contributed by atoms with Crippen LogP contribution < -0.4 is 0 Å². The fraction of sp³-hybridized carbons (Fsp3) is 0.579. The first-order valence-corrected chi connectivity index (χ1v) is 9.72. The SMILES string of the molecule is Cc1cc(F)c2[nH]c(SN3CCCC3)cc2c1C.FC(F)C1CCC1. The van der Waals surface area contributed by atoms with E-state index in [9.17, 15) is 13.2 Å². The van der Waals surface area contributed by atoms with Crippen LogP contribution in [0.4, 0.5) is 13.2 Å². The third kappa shape index (κ3) is 4.34. The number of benzene rings is 1. The van der Waals surface area contributed by atoms with Crippen molar-refractivity contribution in [2.45, 2.75) is 57.4 Å². The quantitative estimate of drug-likeness (QED) is 0.661. The molecule has 2 heterocycles. The molecule has 1 saturated carbocycles. The van der Waals surface area contributed by atoms with Gasteiger partial charge in [0.05, 0.1) is 10.5 Å². The van der Waals surface area contributed by atoms with Crippen LogP contribution >= 0.6 is 11.9 Å². The second-order valence-electron chi connectivity index (χ2n) is 6.98. The van der Waals surface area contributed by atoms with Gasteiger partial charge >= 0.3 is 0 Å². The van der Waals surface area contributed by atoms with E-state index in [2.05, 4.69) is 22.3 Å². The normalized spacial score (nSPS) is 18.5. The van der Waals surface area contributed by atoms with Crippen LogP contribution in [0.5, 0.6) is 0 Å². The number of hydrogen-bond acceptors (Lipinski definition) is 2. The van der Waals surface area contributed by atoms with Crippen LogP contribution in [0, 0.1) is 25.6 Å². The molecule has 2 aromatic rings. The van der Waals surface area contributed by atoms with Gasteiger partial charge in [0.2, 0.25) is 6.43 Å². The minimum absolute atomic E-state index is 0.152. The first-order chi connectivity index (χ1) is 12.0. The number of nitrogens with zero attached hydrogens (tertiary/aromatic N) is 1. The molecule has 1 aliphatic heterocycles. The molecule has 1 aromatic heterocycles. The van der Waals surface area contributed by atoms with Crippen molar-refractivity contribution in [3.8, 4) is 0 Å². The summed E-state index contributed by atoms with van der Waals surface area (Å²) in [6.07, 6.45) is 2.98. The van der Waals surface area contributed by atoms with Crippen LogP contribution in [0.2, 0.25) is 0 Å². The number of nitrogens with one attached hydrogen (secondary N) is 1. The molecule has 0 radical (unpaired) electrons. The molecule has 1 aromatic carbocycles. The van der Waals surface area contributed by atoms with Gasteiger partial charge in [0.15, 0.2) is 0 Å². The molecule has 138 valence electrons. The van der Waals surface area contributed by atoms with Crippen LogP contribution in [0.1, 0.15) is 43.2 Å². The highest BCUT2D eigenvalue weighted by atomic mass is 32.2. The summed E-state index contributed by atoms with van der Waals surface area (Å²) in [5.74, 6) is -0.402. The van der Waals surface area contributed by atoms with Crippen molar-refractivity contribution in [1.29, 1.82) is 0 Å². The standard InChI is InChI=1S/C14H17FN2S.C5H8F2/c1-9-7-12(15)14-11(10(9)2)8-13(16-14)18-17-5-3-4-6-17;6-5(7)4-2-1-3-4/h7-8,16H,3-6H2,1-2H3;4-5H,1-3H2. The van der Waals surface area contributed by atoms with E-state index in [0.29, 0.717) is 5.52 Å². The summed E-state index contributed by atoms with van der Waals surface area (Å²) < 4.78 is 39.2. The first kappa shape index (κ1) is 18.6. The van der Waals surface area contributed by atoms with Crippen molar-refractivity contribution >= 4 is 22.9 Å². The van der Waals surface area contributed by atoms with Gasteiger partial charge in [0, 0.05) is 24.4 Å². The van der Waals surface area contributed by atoms with Crippen LogP contribution in [0.3, 0.4) is 0 Å². The highest BCUT2D eigenvalue weighted by Gasteiger charge is 2.26. The minimum Gasteiger partial charge on any atom is -0.346 e. The number of alkyl halides is 2. The van der Waals surface area contributed by atoms with E-state index in [4.69, 9.17) is 0 Å². The van der Waals surface area contributed by atoms with Gasteiger partial charge in [-0.15, -0.1) is 0 Å². The molecular weight excluding hydrogens is 345 g/mol. The van der Waals surface area contributed by atoms with Gasteiger partial charge in [-0.3, -0.25) is 0 Å². The summed E-state index contributed by atoms with van der Waals surface area (Å²) in [4.78, 5) is 3.21. The molecule has 0 atom stereocenters. The van der Waals surface area contributed by atoms with Crippen LogP contribution in [-0.2, 0) is 0 Å². The number of rotatable bonds is 3. The van der Waals surface area contributed by atoms with E-state index in [1.165, 1.54) is 12.8 Å². The number of aromatic nitrogens is 1. The van der Waals surface area contributed by atoms with Gasteiger partial charge in [-0.2, -0.15) is 0 Å². The Morgan fingerprint density at radius 1 is 1.12 bits per heavy atom. The molecule has 0 unspecified atom stereocenters. The molecular formula is C19H25F3N2S. The van der Waals surface area contributed by atoms with E-state index >= 15 is 0 Å². The lowest BCUT2D eigenvalue weighted by Gasteiger charge is -2.23. The molecule has 2 fully saturated rings. The lowest BCUT2D eigenvalue weighted by atomic mass is 9.86. The molecule has 2 aliphatic rings. The second-order valence-corrected chi connectivity index (χ2v) is 8.11. The number of aromatic amines is 1. The summed E-state index contributed by atoms with van der Waals surface area (Å²) in [5.41, 5.74) is 2.81. The van der Waals surface area contributed by atoms with Crippen molar-refractivity contribution < 1.29 is 13.2 Å². The molecule has 0 bridgehead atoms. The monoisotopic (exact) mass is 370 g/mol. The topological polar surface area (TPSA) is 19.0 Å². The molecule has 1 N–H and O–H groups in total. The van der Waals surface area contributed by atoms with Crippen molar-refractivity contribution in [2.75, 3.05) is 13.1 Å². The predicted octanol–water partition coefficient (Wildman–Crippen LogP) is 6.08. The zero-order chi connectivity index (χ0) is 18.0. The zero-order valence-corrected chi connectivity index (χ0v) is 15.6. The summed E-state index contributed by atoms with van der Waals surface area (Å²) >= 11 is 1.71. The van der Waals surface area contributed by atoms with Crippen molar-refractivity contribution in [2.24, 2.45) is 5.92 Å². The van der Waals surface area contributed by atoms with E-state index < -0.39 is 6.43 Å². The first-order valence-electron chi connectivity index (χ1n) is 8.95. The number of fused-ring (bicyclic) bond motifs is 1. The van der Waals surface area contributed by atoms with Gasteiger partial charge in [0.25, 0.3) is 0 Å². The third-order valence-electron chi connectivity index (χ3n) is 5.17. The van der Waals surface area contributed by atoms with Crippen molar-refractivity contribution in [3.63, 3.8) is 0 Å². The highest BCUT2D eigenvalue weighted by Crippen LogP contribution is 2.32. The smallest absolute Gasteiger partial charge is 0.241 e. The molecule has 0 spiro atoms. The average Bonchev–Trinajstić information content (AvgIpc) is 3.13. The Morgan fingerprint density at radius 2 is 1.80 bits per heavy atom. The number of aryl methyl sites for hydroxylation is 2. The van der Waals surface area contributed by atoms with Crippen LogP contribution in [0.15, 0.2) is 17.2 Å². The van der Waals surface area contributed by atoms with Gasteiger partial charge in [0.1, 0.15) is 5.82 Å². The Balaban J connectivity index is 0.000000219.